The molecule has 1 aliphatic rings. The predicted molar refractivity (Wildman–Crippen MR) is 45.4 cm³/mol. The quantitative estimate of drug-likeness (QED) is 0.545. The molecule has 0 saturated carbocycles. The van der Waals surface area contributed by atoms with E-state index in [1.54, 1.807) is 6.92 Å². The Morgan fingerprint density at radius 1 is 1.38 bits per heavy atom. The number of ketones is 2. The van der Waals surface area contributed by atoms with Crippen molar-refractivity contribution in [3.8, 4) is 0 Å². The topological polar surface area (TPSA) is 34.1 Å². The van der Waals surface area contributed by atoms with E-state index in [0.29, 0.717) is 5.57 Å². The molecule has 0 aromatic rings. The third kappa shape index (κ3) is 2.73. The molecule has 0 atom stereocenters. The van der Waals surface area contributed by atoms with Gasteiger partial charge in [-0.1, -0.05) is 6.92 Å². The molecule has 67 valence electrons. The summed E-state index contributed by atoms with van der Waals surface area (Å²) in [7, 11) is 0. The van der Waals surface area contributed by atoms with Gasteiger partial charge in [0.05, 0.1) is 0 Å². The van der Waals surface area contributed by atoms with Crippen molar-refractivity contribution in [3.05, 3.63) is 22.8 Å². The predicted octanol–water partition coefficient (Wildman–Crippen LogP) is 1.61. The molecule has 0 unspecified atom stereocenters. The van der Waals surface area contributed by atoms with Crippen molar-refractivity contribution < 1.29 is 45.2 Å². The second kappa shape index (κ2) is 5.04. The largest absolute Gasteiger partial charge is 0.297 e. The first kappa shape index (κ1) is 13.0. The van der Waals surface area contributed by atoms with Gasteiger partial charge in [-0.15, -0.1) is 6.92 Å². The summed E-state index contributed by atoms with van der Waals surface area (Å²) in [5.74, 6) is -0.246. The summed E-state index contributed by atoms with van der Waals surface area (Å²) in [6.07, 6.45) is 3.17. The fraction of sp³-hybridized carbons (Fsp3) is 0.400. The Morgan fingerprint density at radius 3 is 2.31 bits per heavy atom. The second-order valence-electron chi connectivity index (χ2n) is 2.96. The molecule has 1 radical (unpaired) electrons. The summed E-state index contributed by atoms with van der Waals surface area (Å²) in [6, 6.07) is 0. The molecular weight excluding hydrogens is 291 g/mol. The van der Waals surface area contributed by atoms with Crippen molar-refractivity contribution in [1.82, 2.24) is 0 Å². The van der Waals surface area contributed by atoms with E-state index in [1.165, 1.54) is 6.92 Å². The Kier molecular flexibility index (Phi) is 5.04. The summed E-state index contributed by atoms with van der Waals surface area (Å²) in [6.45, 7) is 5.08. The third-order valence-corrected chi connectivity index (χ3v) is 2.08. The van der Waals surface area contributed by atoms with E-state index in [2.05, 4.69) is 6.08 Å². The molecule has 0 aromatic carbocycles. The van der Waals surface area contributed by atoms with Crippen molar-refractivity contribution in [2.24, 2.45) is 0 Å². The van der Waals surface area contributed by atoms with Crippen molar-refractivity contribution in [2.75, 3.05) is 0 Å². The molecule has 1 rings (SSSR count). The molecule has 0 heterocycles. The second-order valence-corrected chi connectivity index (χ2v) is 2.96. The summed E-state index contributed by atoms with van der Waals surface area (Å²) >= 11 is 0. The van der Waals surface area contributed by atoms with Crippen molar-refractivity contribution >= 4 is 11.6 Å². The van der Waals surface area contributed by atoms with Gasteiger partial charge in [0.25, 0.3) is 0 Å². The zero-order valence-electron chi connectivity index (χ0n) is 8.10. The smallest absolute Gasteiger partial charge is 0.145 e. The van der Waals surface area contributed by atoms with Crippen molar-refractivity contribution in [2.45, 2.75) is 27.2 Å². The van der Waals surface area contributed by atoms with Gasteiger partial charge in [0.2, 0.25) is 0 Å². The van der Waals surface area contributed by atoms with E-state index in [9.17, 15) is 9.59 Å². The number of Topliss-reactive ketones (excluding diaryl/α,β-unsaturated/α-hetero) is 2. The van der Waals surface area contributed by atoms with E-state index in [0.717, 1.165) is 11.1 Å². The van der Waals surface area contributed by atoms with Crippen LogP contribution in [0.25, 0.3) is 0 Å². The number of rotatable bonds is 1. The van der Waals surface area contributed by atoms with Gasteiger partial charge in [-0.3, -0.25) is 15.7 Å². The van der Waals surface area contributed by atoms with Crippen LogP contribution in [0.3, 0.4) is 0 Å². The van der Waals surface area contributed by atoms with Gasteiger partial charge in [0.15, 0.2) is 0 Å². The number of carbonyl (C=O) groups excluding carboxylic acids is 2. The van der Waals surface area contributed by atoms with Crippen LogP contribution in [0.5, 0.6) is 0 Å². The molecule has 0 aromatic heterocycles. The van der Waals surface area contributed by atoms with Gasteiger partial charge < -0.3 is 0 Å². The molecule has 3 heteroatoms. The number of hydrogen-bond acceptors (Lipinski definition) is 2. The van der Waals surface area contributed by atoms with Gasteiger partial charge in [0, 0.05) is 35.6 Å². The summed E-state index contributed by atoms with van der Waals surface area (Å²) in [4.78, 5) is 22.3. The zero-order valence-corrected chi connectivity index (χ0v) is 11.7. The Morgan fingerprint density at radius 2 is 1.92 bits per heavy atom. The minimum atomic E-state index is -0.140. The maximum absolute atomic E-state index is 11.2. The monoisotopic (exact) mass is 302 g/mol. The summed E-state index contributed by atoms with van der Waals surface area (Å²) < 4.78 is 0. The Labute approximate surface area is 106 Å². The summed E-state index contributed by atoms with van der Waals surface area (Å²) in [5, 5.41) is 0. The van der Waals surface area contributed by atoms with Gasteiger partial charge in [0.1, 0.15) is 11.6 Å². The van der Waals surface area contributed by atoms with E-state index < -0.39 is 0 Å². The van der Waals surface area contributed by atoms with Crippen LogP contribution in [0.1, 0.15) is 27.2 Å². The fourth-order valence-electron chi connectivity index (χ4n) is 1.29. The van der Waals surface area contributed by atoms with E-state index >= 15 is 0 Å². The zero-order chi connectivity index (χ0) is 9.30. The van der Waals surface area contributed by atoms with Gasteiger partial charge in [-0.2, -0.15) is 5.57 Å². The maximum atomic E-state index is 11.2. The normalized spacial score (nSPS) is 16.5. The van der Waals surface area contributed by atoms with Gasteiger partial charge in [-0.25, -0.2) is 5.57 Å². The standard InChI is InChI=1S/C10H11O2.La/c1-6-4-5-9(12)10(7(6)2)8(3)11;/h5H2,1-3H3;/q-1;. The molecule has 0 saturated heterocycles. The molecule has 0 N–H and O–H groups in total. The van der Waals surface area contributed by atoms with Gasteiger partial charge >= 0.3 is 0 Å². The maximum Gasteiger partial charge on any atom is 0.145 e. The Balaban J connectivity index is 0.00000144. The first-order valence-corrected chi connectivity index (χ1v) is 3.87. The first-order chi connectivity index (χ1) is 5.54. The van der Waals surface area contributed by atoms with Crippen LogP contribution in [0, 0.1) is 41.7 Å². The average Bonchev–Trinajstić information content (AvgIpc) is 1.97. The molecule has 0 amide bonds. The fourth-order valence-corrected chi connectivity index (χ4v) is 1.29. The number of allylic oxidation sites excluding steroid dienone is 4. The Hall–Kier alpha value is 0.0148. The molecule has 0 bridgehead atoms. The van der Waals surface area contributed by atoms with E-state index in [4.69, 9.17) is 0 Å². The van der Waals surface area contributed by atoms with Crippen molar-refractivity contribution in [1.29, 1.82) is 0 Å². The van der Waals surface area contributed by atoms with Crippen LogP contribution in [-0.4, -0.2) is 11.6 Å². The van der Waals surface area contributed by atoms with E-state index in [-0.39, 0.29) is 53.6 Å². The minimum Gasteiger partial charge on any atom is -0.297 e. The van der Waals surface area contributed by atoms with Crippen molar-refractivity contribution in [3.63, 3.8) is 0 Å². The average molecular weight is 302 g/mol. The van der Waals surface area contributed by atoms with E-state index in [1.807, 2.05) is 6.92 Å². The Bertz CT molecular complexity index is 311. The van der Waals surface area contributed by atoms with Gasteiger partial charge in [-0.05, 0) is 18.9 Å². The van der Waals surface area contributed by atoms with Crippen LogP contribution >= 0.6 is 0 Å². The molecule has 2 nitrogen and oxygen atoms in total. The molecule has 0 fully saturated rings. The van der Waals surface area contributed by atoms with Crippen LogP contribution in [0.15, 0.2) is 16.7 Å². The number of carbonyl (C=O) groups is 2. The first-order valence-electron chi connectivity index (χ1n) is 3.87. The molecule has 13 heavy (non-hydrogen) atoms. The third-order valence-electron chi connectivity index (χ3n) is 2.08. The van der Waals surface area contributed by atoms with Crippen LogP contribution in [-0.2, 0) is 9.59 Å². The molecule has 1 aliphatic carbocycles. The SMILES string of the molecule is CC(=O)C1=C(C)C(C)=[C-]CC1=O.[La]. The van der Waals surface area contributed by atoms with Crippen LogP contribution in [0.2, 0.25) is 0 Å². The molecule has 0 spiro atoms. The van der Waals surface area contributed by atoms with Crippen LogP contribution in [0.4, 0.5) is 0 Å². The van der Waals surface area contributed by atoms with Crippen LogP contribution < -0.4 is 0 Å². The molecule has 0 aliphatic heterocycles. The summed E-state index contributed by atoms with van der Waals surface area (Å²) in [5.41, 5.74) is 2.05. The molecular formula is C10H11LaO2-. The minimum absolute atomic E-state index is 0. The number of hydrogen-bond donors (Lipinski definition) is 0.